The van der Waals surface area contributed by atoms with Crippen LogP contribution >= 0.6 is 0 Å². The molecule has 0 atom stereocenters. The van der Waals surface area contributed by atoms with Gasteiger partial charge in [-0.25, -0.2) is 4.98 Å². The summed E-state index contributed by atoms with van der Waals surface area (Å²) in [4.78, 5) is 24.1. The van der Waals surface area contributed by atoms with E-state index >= 15 is 0 Å². The Labute approximate surface area is 186 Å². The van der Waals surface area contributed by atoms with Gasteiger partial charge in [0.1, 0.15) is 5.82 Å². The number of nitrogens with zero attached hydrogens (tertiary/aromatic N) is 3. The predicted molar refractivity (Wildman–Crippen MR) is 129 cm³/mol. The molecule has 1 amide bonds. The van der Waals surface area contributed by atoms with Crippen LogP contribution < -0.4 is 21.3 Å². The fraction of sp³-hybridized carbons (Fsp3) is 0.160. The third-order valence-electron chi connectivity index (χ3n) is 5.69. The molecule has 1 aliphatic rings. The summed E-state index contributed by atoms with van der Waals surface area (Å²) < 4.78 is 0. The van der Waals surface area contributed by atoms with Crippen LogP contribution in [0.4, 0.5) is 17.2 Å². The van der Waals surface area contributed by atoms with Gasteiger partial charge in [0.25, 0.3) is 5.91 Å². The average molecular weight is 425 g/mol. The van der Waals surface area contributed by atoms with E-state index in [2.05, 4.69) is 20.5 Å². The van der Waals surface area contributed by atoms with Crippen molar-refractivity contribution in [1.29, 1.82) is 0 Å². The number of amides is 1. The summed E-state index contributed by atoms with van der Waals surface area (Å²) in [6, 6.07) is 19.0. The normalized spacial score (nSPS) is 13.8. The average Bonchev–Trinajstić information content (AvgIpc) is 2.85. The van der Waals surface area contributed by atoms with Crippen LogP contribution in [0.25, 0.3) is 22.0 Å². The number of hydrogen-bond acceptors (Lipinski definition) is 6. The first-order valence-electron chi connectivity index (χ1n) is 10.7. The quantitative estimate of drug-likeness (QED) is 0.434. The van der Waals surface area contributed by atoms with Crippen LogP contribution in [-0.2, 0) is 0 Å². The molecule has 0 unspecified atom stereocenters. The van der Waals surface area contributed by atoms with E-state index in [1.807, 2.05) is 48.5 Å². The van der Waals surface area contributed by atoms with E-state index in [1.54, 1.807) is 24.5 Å². The topological polar surface area (TPSA) is 96.2 Å². The molecular formula is C25H24N6O. The Morgan fingerprint density at radius 3 is 2.56 bits per heavy atom. The maximum Gasteiger partial charge on any atom is 0.255 e. The van der Waals surface area contributed by atoms with Crippen molar-refractivity contribution in [2.45, 2.75) is 0 Å². The fourth-order valence-electron chi connectivity index (χ4n) is 3.91. The Balaban J connectivity index is 1.38. The van der Waals surface area contributed by atoms with Gasteiger partial charge in [-0.2, -0.15) is 0 Å². The fourth-order valence-corrected chi connectivity index (χ4v) is 3.91. The van der Waals surface area contributed by atoms with Crippen LogP contribution in [0.2, 0.25) is 0 Å². The lowest BCUT2D eigenvalue weighted by atomic mass is 10.1. The summed E-state index contributed by atoms with van der Waals surface area (Å²) in [5.74, 6) is 0.758. The van der Waals surface area contributed by atoms with Gasteiger partial charge in [0, 0.05) is 49.5 Å². The van der Waals surface area contributed by atoms with Gasteiger partial charge in [0.2, 0.25) is 0 Å². The molecule has 1 saturated heterocycles. The van der Waals surface area contributed by atoms with E-state index < -0.39 is 0 Å². The second-order valence-corrected chi connectivity index (χ2v) is 7.81. The third-order valence-corrected chi connectivity index (χ3v) is 5.69. The van der Waals surface area contributed by atoms with E-state index in [-0.39, 0.29) is 5.91 Å². The van der Waals surface area contributed by atoms with Gasteiger partial charge in [0.15, 0.2) is 0 Å². The van der Waals surface area contributed by atoms with Gasteiger partial charge in [-0.1, -0.05) is 6.07 Å². The van der Waals surface area contributed by atoms with Gasteiger partial charge >= 0.3 is 0 Å². The predicted octanol–water partition coefficient (Wildman–Crippen LogP) is 3.54. The van der Waals surface area contributed by atoms with Gasteiger partial charge < -0.3 is 21.3 Å². The SMILES string of the molecule is Nc1ccc(-c2ccncc2)cc1NC(=O)c1ccc2nc(N3CCNCC3)ccc2c1. The highest BCUT2D eigenvalue weighted by Crippen LogP contribution is 2.28. The molecule has 4 N–H and O–H groups in total. The maximum absolute atomic E-state index is 13.0. The van der Waals surface area contributed by atoms with Crippen LogP contribution in [0.15, 0.2) is 73.1 Å². The van der Waals surface area contributed by atoms with Crippen LogP contribution in [0.5, 0.6) is 0 Å². The number of piperazine rings is 1. The number of anilines is 3. The van der Waals surface area contributed by atoms with E-state index in [4.69, 9.17) is 10.7 Å². The number of nitrogens with one attached hydrogen (secondary N) is 2. The number of carbonyl (C=O) groups is 1. The van der Waals surface area contributed by atoms with Crippen molar-refractivity contribution in [2.24, 2.45) is 0 Å². The lowest BCUT2D eigenvalue weighted by Gasteiger charge is -2.28. The molecule has 5 rings (SSSR count). The third kappa shape index (κ3) is 4.10. The van der Waals surface area contributed by atoms with Crippen molar-refractivity contribution in [2.75, 3.05) is 42.1 Å². The molecule has 7 heteroatoms. The molecule has 0 bridgehead atoms. The zero-order chi connectivity index (χ0) is 21.9. The molecule has 4 aromatic rings. The standard InChI is InChI=1S/C25H24N6O/c26-21-4-1-18(17-7-9-27-10-8-17)16-23(21)30-25(32)20-2-5-22-19(15-20)3-6-24(29-22)31-13-11-28-12-14-31/h1-10,15-16,28H,11-14,26H2,(H,30,32). The number of aromatic nitrogens is 2. The maximum atomic E-state index is 13.0. The molecule has 0 radical (unpaired) electrons. The number of rotatable bonds is 4. The molecule has 0 saturated carbocycles. The molecule has 2 aromatic heterocycles. The van der Waals surface area contributed by atoms with Crippen molar-refractivity contribution < 1.29 is 4.79 Å². The molecule has 2 aromatic carbocycles. The number of carbonyl (C=O) groups excluding carboxylic acids is 1. The summed E-state index contributed by atoms with van der Waals surface area (Å²) in [6.07, 6.45) is 3.47. The second-order valence-electron chi connectivity index (χ2n) is 7.81. The molecule has 1 fully saturated rings. The lowest BCUT2D eigenvalue weighted by Crippen LogP contribution is -2.43. The number of nitrogen functional groups attached to an aromatic ring is 1. The summed E-state index contributed by atoms with van der Waals surface area (Å²) in [6.45, 7) is 3.81. The number of hydrogen-bond donors (Lipinski definition) is 3. The highest BCUT2D eigenvalue weighted by molar-refractivity contribution is 6.07. The monoisotopic (exact) mass is 424 g/mol. The number of benzene rings is 2. The van der Waals surface area contributed by atoms with E-state index in [9.17, 15) is 4.79 Å². The molecule has 32 heavy (non-hydrogen) atoms. The Hall–Kier alpha value is -3.97. The number of nitrogens with two attached hydrogens (primary N) is 1. The first kappa shape index (κ1) is 20.0. The first-order valence-corrected chi connectivity index (χ1v) is 10.7. The second kappa shape index (κ2) is 8.64. The molecule has 7 nitrogen and oxygen atoms in total. The first-order chi connectivity index (χ1) is 15.7. The summed E-state index contributed by atoms with van der Waals surface area (Å²) in [7, 11) is 0. The van der Waals surface area contributed by atoms with E-state index in [0.717, 1.165) is 54.0 Å². The van der Waals surface area contributed by atoms with E-state index in [0.29, 0.717) is 16.9 Å². The van der Waals surface area contributed by atoms with Crippen molar-refractivity contribution in [3.63, 3.8) is 0 Å². The molecule has 3 heterocycles. The minimum Gasteiger partial charge on any atom is -0.397 e. The smallest absolute Gasteiger partial charge is 0.255 e. The highest BCUT2D eigenvalue weighted by atomic mass is 16.1. The molecule has 0 spiro atoms. The highest BCUT2D eigenvalue weighted by Gasteiger charge is 2.14. The molecular weight excluding hydrogens is 400 g/mol. The van der Waals surface area contributed by atoms with Gasteiger partial charge in [-0.3, -0.25) is 9.78 Å². The Morgan fingerprint density at radius 1 is 0.938 bits per heavy atom. The van der Waals surface area contributed by atoms with Crippen molar-refractivity contribution in [1.82, 2.24) is 15.3 Å². The minimum atomic E-state index is -0.211. The minimum absolute atomic E-state index is 0.211. The van der Waals surface area contributed by atoms with Crippen molar-refractivity contribution in [3.8, 4) is 11.1 Å². The van der Waals surface area contributed by atoms with Gasteiger partial charge in [-0.15, -0.1) is 0 Å². The van der Waals surface area contributed by atoms with Crippen molar-refractivity contribution in [3.05, 3.63) is 78.6 Å². The zero-order valence-electron chi connectivity index (χ0n) is 17.6. The largest absolute Gasteiger partial charge is 0.397 e. The van der Waals surface area contributed by atoms with Crippen LogP contribution in [-0.4, -0.2) is 42.1 Å². The van der Waals surface area contributed by atoms with E-state index in [1.165, 1.54) is 0 Å². The van der Waals surface area contributed by atoms with Crippen LogP contribution in [0, 0.1) is 0 Å². The Kier molecular flexibility index (Phi) is 5.39. The Morgan fingerprint density at radius 2 is 1.75 bits per heavy atom. The van der Waals surface area contributed by atoms with Gasteiger partial charge in [0.05, 0.1) is 16.9 Å². The lowest BCUT2D eigenvalue weighted by molar-refractivity contribution is 0.102. The molecule has 0 aliphatic carbocycles. The molecule has 1 aliphatic heterocycles. The number of fused-ring (bicyclic) bond motifs is 1. The Bertz CT molecular complexity index is 1270. The molecule has 160 valence electrons. The van der Waals surface area contributed by atoms with Crippen LogP contribution in [0.3, 0.4) is 0 Å². The zero-order valence-corrected chi connectivity index (χ0v) is 17.6. The van der Waals surface area contributed by atoms with Crippen LogP contribution in [0.1, 0.15) is 10.4 Å². The summed E-state index contributed by atoms with van der Waals surface area (Å²) in [5, 5.41) is 7.23. The summed E-state index contributed by atoms with van der Waals surface area (Å²) in [5.41, 5.74) is 10.6. The van der Waals surface area contributed by atoms with Gasteiger partial charge in [-0.05, 0) is 65.7 Å². The summed E-state index contributed by atoms with van der Waals surface area (Å²) >= 11 is 0. The number of pyridine rings is 2. The van der Waals surface area contributed by atoms with Crippen molar-refractivity contribution >= 4 is 34.0 Å².